The third kappa shape index (κ3) is 3.62. The molecule has 0 saturated carbocycles. The standard InChI is InChI=1S/C24H18F3N3O2S/c25-16-6-4-15(5-7-16)14-29-21-9-8-18(27)13-20(21)24(22(29)31)30(10-11-33-24)23(32)28-19-3-1-2-17(26)12-19/h1-9,12-13H,10-11,14H2,(H,28,32)/t24-/m1/s1. The normalized spacial score (nSPS) is 19.3. The molecule has 1 saturated heterocycles. The van der Waals surface area contributed by atoms with E-state index in [0.29, 0.717) is 22.6 Å². The van der Waals surface area contributed by atoms with Gasteiger partial charge in [0, 0.05) is 23.5 Å². The van der Waals surface area contributed by atoms with Gasteiger partial charge in [0.1, 0.15) is 17.5 Å². The summed E-state index contributed by atoms with van der Waals surface area (Å²) in [6, 6.07) is 14.7. The first-order valence-electron chi connectivity index (χ1n) is 10.2. The summed E-state index contributed by atoms with van der Waals surface area (Å²) in [6.07, 6.45) is 0. The number of nitrogens with one attached hydrogen (secondary N) is 1. The van der Waals surface area contributed by atoms with Gasteiger partial charge in [0.25, 0.3) is 5.91 Å². The number of benzene rings is 3. The number of anilines is 2. The maximum atomic E-state index is 14.3. The molecule has 1 fully saturated rings. The summed E-state index contributed by atoms with van der Waals surface area (Å²) < 4.78 is 41.2. The predicted octanol–water partition coefficient (Wildman–Crippen LogP) is 5.08. The lowest BCUT2D eigenvalue weighted by molar-refractivity contribution is -0.123. The van der Waals surface area contributed by atoms with Gasteiger partial charge >= 0.3 is 6.03 Å². The number of hydrogen-bond acceptors (Lipinski definition) is 3. The average molecular weight is 469 g/mol. The van der Waals surface area contributed by atoms with Crippen LogP contribution >= 0.6 is 11.8 Å². The number of amides is 3. The van der Waals surface area contributed by atoms with E-state index in [-0.39, 0.29) is 24.7 Å². The molecule has 0 aromatic heterocycles. The van der Waals surface area contributed by atoms with E-state index in [1.165, 1.54) is 70.1 Å². The van der Waals surface area contributed by atoms with Crippen molar-refractivity contribution in [2.24, 2.45) is 0 Å². The number of fused-ring (bicyclic) bond motifs is 2. The zero-order chi connectivity index (χ0) is 23.2. The zero-order valence-corrected chi connectivity index (χ0v) is 18.0. The molecule has 3 amide bonds. The highest BCUT2D eigenvalue weighted by Crippen LogP contribution is 2.54. The van der Waals surface area contributed by atoms with Crippen molar-refractivity contribution in [3.05, 3.63) is 95.3 Å². The van der Waals surface area contributed by atoms with Gasteiger partial charge in [0.15, 0.2) is 4.87 Å². The van der Waals surface area contributed by atoms with Gasteiger partial charge in [-0.2, -0.15) is 0 Å². The second-order valence-corrected chi connectivity index (χ2v) is 9.05. The largest absolute Gasteiger partial charge is 0.323 e. The molecule has 1 spiro atoms. The van der Waals surface area contributed by atoms with Crippen molar-refractivity contribution in [1.29, 1.82) is 0 Å². The van der Waals surface area contributed by atoms with Crippen LogP contribution in [-0.4, -0.2) is 29.1 Å². The van der Waals surface area contributed by atoms with Gasteiger partial charge < -0.3 is 10.2 Å². The summed E-state index contributed by atoms with van der Waals surface area (Å²) in [5.74, 6) is -1.35. The maximum absolute atomic E-state index is 14.3. The van der Waals surface area contributed by atoms with E-state index in [4.69, 9.17) is 0 Å². The molecular weight excluding hydrogens is 451 g/mol. The van der Waals surface area contributed by atoms with Crippen molar-refractivity contribution < 1.29 is 22.8 Å². The summed E-state index contributed by atoms with van der Waals surface area (Å²) in [7, 11) is 0. The number of hydrogen-bond donors (Lipinski definition) is 1. The minimum absolute atomic E-state index is 0.138. The van der Waals surface area contributed by atoms with Crippen LogP contribution in [0.4, 0.5) is 29.3 Å². The highest BCUT2D eigenvalue weighted by Gasteiger charge is 2.59. The van der Waals surface area contributed by atoms with Crippen molar-refractivity contribution >= 4 is 35.1 Å². The fourth-order valence-corrected chi connectivity index (χ4v) is 5.73. The Bertz CT molecular complexity index is 1250. The molecule has 2 heterocycles. The quantitative estimate of drug-likeness (QED) is 0.582. The van der Waals surface area contributed by atoms with Crippen LogP contribution < -0.4 is 10.2 Å². The molecule has 0 aliphatic carbocycles. The van der Waals surface area contributed by atoms with E-state index in [2.05, 4.69) is 5.32 Å². The first-order chi connectivity index (χ1) is 15.9. The van der Waals surface area contributed by atoms with E-state index in [9.17, 15) is 22.8 Å². The summed E-state index contributed by atoms with van der Waals surface area (Å²) in [6.45, 7) is 0.386. The fraction of sp³-hybridized carbons (Fsp3) is 0.167. The molecule has 1 atom stereocenters. The van der Waals surface area contributed by atoms with Crippen LogP contribution in [0, 0.1) is 17.5 Å². The van der Waals surface area contributed by atoms with Crippen molar-refractivity contribution in [2.45, 2.75) is 11.4 Å². The van der Waals surface area contributed by atoms with Crippen LogP contribution in [0.25, 0.3) is 0 Å². The van der Waals surface area contributed by atoms with E-state index in [0.717, 1.165) is 0 Å². The predicted molar refractivity (Wildman–Crippen MR) is 120 cm³/mol. The second-order valence-electron chi connectivity index (χ2n) is 7.76. The van der Waals surface area contributed by atoms with Crippen LogP contribution in [0.2, 0.25) is 0 Å². The lowest BCUT2D eigenvalue weighted by Gasteiger charge is -2.33. The molecule has 168 valence electrons. The second kappa shape index (κ2) is 8.15. The van der Waals surface area contributed by atoms with Gasteiger partial charge in [0.05, 0.1) is 12.2 Å². The Morgan fingerprint density at radius 3 is 2.45 bits per heavy atom. The molecule has 5 rings (SSSR count). The lowest BCUT2D eigenvalue weighted by Crippen LogP contribution is -2.51. The minimum Gasteiger partial charge on any atom is -0.308 e. The van der Waals surface area contributed by atoms with Crippen molar-refractivity contribution in [3.8, 4) is 0 Å². The van der Waals surface area contributed by atoms with Gasteiger partial charge in [-0.3, -0.25) is 9.69 Å². The number of urea groups is 1. The van der Waals surface area contributed by atoms with Crippen LogP contribution in [0.5, 0.6) is 0 Å². The molecule has 33 heavy (non-hydrogen) atoms. The summed E-state index contributed by atoms with van der Waals surface area (Å²) in [5.41, 5.74) is 1.81. The van der Waals surface area contributed by atoms with Gasteiger partial charge in [-0.05, 0) is 54.1 Å². The SMILES string of the molecule is O=C(Nc1cccc(F)c1)N1CCS[C@]12C(=O)N(Cc1ccc(F)cc1)c1ccc(F)cc12. The molecule has 0 radical (unpaired) electrons. The molecule has 1 N–H and O–H groups in total. The van der Waals surface area contributed by atoms with Crippen LogP contribution in [0.15, 0.2) is 66.7 Å². The molecule has 9 heteroatoms. The van der Waals surface area contributed by atoms with Crippen LogP contribution in [0.1, 0.15) is 11.1 Å². The van der Waals surface area contributed by atoms with Crippen molar-refractivity contribution in [3.63, 3.8) is 0 Å². The Kier molecular flexibility index (Phi) is 5.28. The third-order valence-corrected chi connectivity index (χ3v) is 7.15. The molecule has 5 nitrogen and oxygen atoms in total. The van der Waals surface area contributed by atoms with Crippen LogP contribution in [0.3, 0.4) is 0 Å². The third-order valence-electron chi connectivity index (χ3n) is 5.73. The molecule has 3 aromatic rings. The number of rotatable bonds is 3. The molecule has 0 bridgehead atoms. The maximum Gasteiger partial charge on any atom is 0.323 e. The molecular formula is C24H18F3N3O2S. The molecule has 2 aliphatic heterocycles. The number of nitrogens with zero attached hydrogens (tertiary/aromatic N) is 2. The monoisotopic (exact) mass is 469 g/mol. The van der Waals surface area contributed by atoms with E-state index >= 15 is 0 Å². The average Bonchev–Trinajstić information content (AvgIpc) is 3.32. The summed E-state index contributed by atoms with van der Waals surface area (Å²) in [4.78, 5) is 28.4. The van der Waals surface area contributed by atoms with E-state index < -0.39 is 28.4 Å². The highest BCUT2D eigenvalue weighted by atomic mass is 32.2. The van der Waals surface area contributed by atoms with Gasteiger partial charge in [-0.1, -0.05) is 18.2 Å². The number of carbonyl (C=O) groups excluding carboxylic acids is 2. The number of carbonyl (C=O) groups is 2. The summed E-state index contributed by atoms with van der Waals surface area (Å²) in [5, 5.41) is 2.64. The Balaban J connectivity index is 1.53. The number of thioether (sulfide) groups is 1. The zero-order valence-electron chi connectivity index (χ0n) is 17.2. The molecule has 2 aliphatic rings. The Morgan fingerprint density at radius 1 is 0.970 bits per heavy atom. The van der Waals surface area contributed by atoms with E-state index in [1.807, 2.05) is 0 Å². The smallest absolute Gasteiger partial charge is 0.308 e. The van der Waals surface area contributed by atoms with E-state index in [1.54, 1.807) is 18.2 Å². The molecule has 3 aromatic carbocycles. The minimum atomic E-state index is -1.45. The molecule has 0 unspecified atom stereocenters. The highest BCUT2D eigenvalue weighted by molar-refractivity contribution is 8.01. The first kappa shape index (κ1) is 21.4. The van der Waals surface area contributed by atoms with Crippen molar-refractivity contribution in [2.75, 3.05) is 22.5 Å². The van der Waals surface area contributed by atoms with Gasteiger partial charge in [-0.15, -0.1) is 11.8 Å². The first-order valence-corrected chi connectivity index (χ1v) is 11.2. The Hall–Kier alpha value is -3.46. The number of halogens is 3. The van der Waals surface area contributed by atoms with Crippen LogP contribution in [-0.2, 0) is 16.2 Å². The Labute approximate surface area is 192 Å². The van der Waals surface area contributed by atoms with Gasteiger partial charge in [0.2, 0.25) is 0 Å². The summed E-state index contributed by atoms with van der Waals surface area (Å²) >= 11 is 1.25. The van der Waals surface area contributed by atoms with Gasteiger partial charge in [-0.25, -0.2) is 18.0 Å². The van der Waals surface area contributed by atoms with Crippen molar-refractivity contribution in [1.82, 2.24) is 4.90 Å². The lowest BCUT2D eigenvalue weighted by atomic mass is 10.1. The fourth-order valence-electron chi connectivity index (χ4n) is 4.27. The topological polar surface area (TPSA) is 52.7 Å². The Morgan fingerprint density at radius 2 is 1.70 bits per heavy atom.